The van der Waals surface area contributed by atoms with E-state index in [1.807, 2.05) is 16.7 Å². The van der Waals surface area contributed by atoms with Gasteiger partial charge in [-0.3, -0.25) is 0 Å². The van der Waals surface area contributed by atoms with Gasteiger partial charge in [0.15, 0.2) is 0 Å². The maximum absolute atomic E-state index is 13.6. The van der Waals surface area contributed by atoms with E-state index in [9.17, 15) is 9.50 Å². The summed E-state index contributed by atoms with van der Waals surface area (Å²) in [6, 6.07) is 8.10. The summed E-state index contributed by atoms with van der Waals surface area (Å²) in [7, 11) is 0. The standard InChI is InChI=1S/C19H13ClFN5O/c1-22-17-9-23-16-5-3-13(10-26(16)17)19-18(24-11-25(19)6-7-27)12-2-4-15(21)14(20)8-12/h2-5,8-11,27H,6-7H2. The second-order valence-corrected chi connectivity index (χ2v) is 6.27. The molecule has 4 rings (SSSR count). The van der Waals surface area contributed by atoms with Crippen LogP contribution in [0, 0.1) is 12.4 Å². The molecule has 0 spiro atoms. The number of aliphatic hydroxyl groups excluding tert-OH is 1. The highest BCUT2D eigenvalue weighted by molar-refractivity contribution is 6.31. The summed E-state index contributed by atoms with van der Waals surface area (Å²) in [5, 5.41) is 9.41. The molecule has 1 N–H and O–H groups in total. The fourth-order valence-corrected chi connectivity index (χ4v) is 3.19. The summed E-state index contributed by atoms with van der Waals surface area (Å²) in [5.74, 6) is -0.107. The molecule has 0 bridgehead atoms. The number of imidazole rings is 2. The number of hydrogen-bond acceptors (Lipinski definition) is 3. The molecule has 0 fully saturated rings. The molecule has 0 aliphatic heterocycles. The third-order valence-electron chi connectivity index (χ3n) is 4.25. The lowest BCUT2D eigenvalue weighted by atomic mass is 10.1. The van der Waals surface area contributed by atoms with Crippen LogP contribution >= 0.6 is 11.6 Å². The molecular formula is C19H13ClFN5O. The van der Waals surface area contributed by atoms with Crippen molar-refractivity contribution in [3.8, 4) is 22.5 Å². The number of benzene rings is 1. The second kappa shape index (κ2) is 6.83. The number of nitrogens with zero attached hydrogens (tertiary/aromatic N) is 5. The van der Waals surface area contributed by atoms with Crippen molar-refractivity contribution in [2.24, 2.45) is 0 Å². The van der Waals surface area contributed by atoms with Crippen molar-refractivity contribution >= 4 is 23.1 Å². The molecule has 0 atom stereocenters. The minimum Gasteiger partial charge on any atom is -0.395 e. The molecule has 0 saturated carbocycles. The average Bonchev–Trinajstić information content (AvgIpc) is 3.27. The van der Waals surface area contributed by atoms with E-state index < -0.39 is 5.82 Å². The lowest BCUT2D eigenvalue weighted by Crippen LogP contribution is -2.03. The molecule has 0 saturated heterocycles. The molecule has 0 radical (unpaired) electrons. The average molecular weight is 382 g/mol. The normalized spacial score (nSPS) is 11.0. The van der Waals surface area contributed by atoms with E-state index in [1.165, 1.54) is 18.3 Å². The van der Waals surface area contributed by atoms with Crippen LogP contribution in [0.3, 0.4) is 0 Å². The Labute approximate surface area is 158 Å². The molecular weight excluding hydrogens is 369 g/mol. The molecule has 8 heteroatoms. The number of aromatic nitrogens is 4. The lowest BCUT2D eigenvalue weighted by molar-refractivity contribution is 0.276. The van der Waals surface area contributed by atoms with Gasteiger partial charge in [0.25, 0.3) is 5.82 Å². The third kappa shape index (κ3) is 2.95. The van der Waals surface area contributed by atoms with Gasteiger partial charge in [0, 0.05) is 23.7 Å². The van der Waals surface area contributed by atoms with E-state index in [4.69, 9.17) is 18.2 Å². The predicted molar refractivity (Wildman–Crippen MR) is 100 cm³/mol. The zero-order chi connectivity index (χ0) is 19.0. The van der Waals surface area contributed by atoms with E-state index in [1.54, 1.807) is 23.0 Å². The highest BCUT2D eigenvalue weighted by Gasteiger charge is 2.18. The number of rotatable bonds is 4. The van der Waals surface area contributed by atoms with Crippen LogP contribution in [0.25, 0.3) is 33.0 Å². The van der Waals surface area contributed by atoms with Crippen LogP contribution in [0.15, 0.2) is 49.1 Å². The lowest BCUT2D eigenvalue weighted by Gasteiger charge is -2.10. The van der Waals surface area contributed by atoms with Crippen LogP contribution in [-0.4, -0.2) is 30.6 Å². The second-order valence-electron chi connectivity index (χ2n) is 5.86. The summed E-state index contributed by atoms with van der Waals surface area (Å²) >= 11 is 5.94. The highest BCUT2D eigenvalue weighted by Crippen LogP contribution is 2.33. The number of halogens is 2. The van der Waals surface area contributed by atoms with Gasteiger partial charge in [-0.2, -0.15) is 0 Å². The Bertz CT molecular complexity index is 1190. The minimum atomic E-state index is -0.502. The van der Waals surface area contributed by atoms with Gasteiger partial charge in [-0.05, 0) is 24.3 Å². The molecule has 1 aromatic carbocycles. The summed E-state index contributed by atoms with van der Waals surface area (Å²) in [4.78, 5) is 12.1. The van der Waals surface area contributed by atoms with Gasteiger partial charge in [-0.25, -0.2) is 18.8 Å². The van der Waals surface area contributed by atoms with Crippen molar-refractivity contribution in [1.29, 1.82) is 0 Å². The van der Waals surface area contributed by atoms with Crippen LogP contribution in [0.2, 0.25) is 5.02 Å². The Kier molecular flexibility index (Phi) is 4.36. The van der Waals surface area contributed by atoms with Crippen molar-refractivity contribution in [3.05, 3.63) is 71.3 Å². The van der Waals surface area contributed by atoms with Crippen LogP contribution in [0.4, 0.5) is 10.2 Å². The van der Waals surface area contributed by atoms with Gasteiger partial charge >= 0.3 is 0 Å². The quantitative estimate of drug-likeness (QED) is 0.539. The van der Waals surface area contributed by atoms with Crippen molar-refractivity contribution in [2.45, 2.75) is 6.54 Å². The highest BCUT2D eigenvalue weighted by atomic mass is 35.5. The topological polar surface area (TPSA) is 59.7 Å². The molecule has 3 aromatic heterocycles. The maximum atomic E-state index is 13.6. The first-order valence-corrected chi connectivity index (χ1v) is 8.46. The Morgan fingerprint density at radius 1 is 1.19 bits per heavy atom. The van der Waals surface area contributed by atoms with Gasteiger partial charge < -0.3 is 14.5 Å². The van der Waals surface area contributed by atoms with E-state index in [2.05, 4.69) is 14.8 Å². The summed E-state index contributed by atoms with van der Waals surface area (Å²) in [5.41, 5.74) is 3.44. The smallest absolute Gasteiger partial charge is 0.254 e. The Morgan fingerprint density at radius 3 is 2.74 bits per heavy atom. The number of fused-ring (bicyclic) bond motifs is 1. The zero-order valence-electron chi connectivity index (χ0n) is 14.0. The van der Waals surface area contributed by atoms with Gasteiger partial charge in [-0.1, -0.05) is 18.2 Å². The summed E-state index contributed by atoms with van der Waals surface area (Å²) in [6.45, 7) is 7.56. The van der Waals surface area contributed by atoms with Crippen LogP contribution in [-0.2, 0) is 6.54 Å². The van der Waals surface area contributed by atoms with Crippen LogP contribution in [0.1, 0.15) is 0 Å². The van der Waals surface area contributed by atoms with Crippen molar-refractivity contribution in [1.82, 2.24) is 18.9 Å². The number of hydrogen-bond donors (Lipinski definition) is 1. The zero-order valence-corrected chi connectivity index (χ0v) is 14.7. The molecule has 134 valence electrons. The van der Waals surface area contributed by atoms with Crippen LogP contribution < -0.4 is 0 Å². The largest absolute Gasteiger partial charge is 0.395 e. The fraction of sp³-hybridized carbons (Fsp3) is 0.105. The predicted octanol–water partition coefficient (Wildman–Crippen LogP) is 4.20. The summed E-state index contributed by atoms with van der Waals surface area (Å²) < 4.78 is 17.1. The van der Waals surface area contributed by atoms with Gasteiger partial charge in [0.1, 0.15) is 5.82 Å². The third-order valence-corrected chi connectivity index (χ3v) is 4.54. The number of aliphatic hydroxyl groups is 1. The Morgan fingerprint density at radius 2 is 2.00 bits per heavy atom. The fourth-order valence-electron chi connectivity index (χ4n) is 3.01. The minimum absolute atomic E-state index is 0.00973. The molecule has 0 unspecified atom stereocenters. The van der Waals surface area contributed by atoms with E-state index >= 15 is 0 Å². The van der Waals surface area contributed by atoms with Crippen LogP contribution in [0.5, 0.6) is 0 Å². The van der Waals surface area contributed by atoms with Gasteiger partial charge in [0.05, 0.1) is 41.7 Å². The molecule has 0 aliphatic rings. The van der Waals surface area contributed by atoms with Crippen molar-refractivity contribution < 1.29 is 9.50 Å². The molecule has 6 nitrogen and oxygen atoms in total. The Hall–Kier alpha value is -3.21. The SMILES string of the molecule is [C-]#[N+]c1cnc2ccc(-c3c(-c4ccc(F)c(Cl)c4)ncn3CCO)cn12. The van der Waals surface area contributed by atoms with Crippen molar-refractivity contribution in [2.75, 3.05) is 6.61 Å². The molecule has 27 heavy (non-hydrogen) atoms. The first-order valence-electron chi connectivity index (χ1n) is 8.08. The monoisotopic (exact) mass is 381 g/mol. The molecule has 0 amide bonds. The first-order chi connectivity index (χ1) is 13.1. The first kappa shape index (κ1) is 17.2. The Balaban J connectivity index is 1.94. The van der Waals surface area contributed by atoms with Crippen molar-refractivity contribution in [3.63, 3.8) is 0 Å². The molecule has 0 aliphatic carbocycles. The van der Waals surface area contributed by atoms with E-state index in [-0.39, 0.29) is 11.6 Å². The molecule has 3 heterocycles. The maximum Gasteiger partial charge on any atom is 0.254 e. The van der Waals surface area contributed by atoms with E-state index in [0.29, 0.717) is 29.3 Å². The number of pyridine rings is 1. The molecule has 4 aromatic rings. The van der Waals surface area contributed by atoms with E-state index in [0.717, 1.165) is 11.3 Å². The summed E-state index contributed by atoms with van der Waals surface area (Å²) in [6.07, 6.45) is 4.93. The van der Waals surface area contributed by atoms with Gasteiger partial charge in [0.2, 0.25) is 5.65 Å². The van der Waals surface area contributed by atoms with Gasteiger partial charge in [-0.15, -0.1) is 0 Å².